The van der Waals surface area contributed by atoms with Crippen molar-refractivity contribution in [3.63, 3.8) is 0 Å². The van der Waals surface area contributed by atoms with Crippen LogP contribution in [-0.4, -0.2) is 57.1 Å². The highest BCUT2D eigenvalue weighted by atomic mass is 79.9. The molecule has 2 aromatic carbocycles. The summed E-state index contributed by atoms with van der Waals surface area (Å²) in [6.45, 7) is 1.38. The molecule has 0 aromatic heterocycles. The number of rotatable bonds is 10. The van der Waals surface area contributed by atoms with Crippen LogP contribution in [0.1, 0.15) is 44.6 Å². The Labute approximate surface area is 222 Å². The van der Waals surface area contributed by atoms with Gasteiger partial charge in [-0.3, -0.25) is 13.9 Å². The highest BCUT2D eigenvalue weighted by Crippen LogP contribution is 2.24. The van der Waals surface area contributed by atoms with Crippen molar-refractivity contribution in [2.45, 2.75) is 57.7 Å². The van der Waals surface area contributed by atoms with E-state index < -0.39 is 28.5 Å². The van der Waals surface area contributed by atoms with Crippen LogP contribution in [0.5, 0.6) is 5.75 Å². The molecule has 0 radical (unpaired) electrons. The molecule has 0 spiro atoms. The van der Waals surface area contributed by atoms with Gasteiger partial charge in [-0.1, -0.05) is 53.4 Å². The monoisotopic (exact) mass is 579 g/mol. The summed E-state index contributed by atoms with van der Waals surface area (Å²) in [7, 11) is -2.21. The van der Waals surface area contributed by atoms with E-state index in [4.69, 9.17) is 4.74 Å². The number of hydrogen-bond acceptors (Lipinski definition) is 5. The fraction of sp³-hybridized carbons (Fsp3) is 0.462. The van der Waals surface area contributed by atoms with Crippen molar-refractivity contribution in [1.82, 2.24) is 10.2 Å². The quantitative estimate of drug-likeness (QED) is 0.457. The minimum Gasteiger partial charge on any atom is -0.497 e. The molecule has 2 aromatic rings. The molecule has 3 rings (SSSR count). The van der Waals surface area contributed by atoms with Crippen LogP contribution in [0.15, 0.2) is 53.0 Å². The first-order valence-electron chi connectivity index (χ1n) is 12.0. The molecule has 1 atom stereocenters. The Hall–Kier alpha value is -2.59. The zero-order valence-electron chi connectivity index (χ0n) is 20.9. The van der Waals surface area contributed by atoms with Gasteiger partial charge in [-0.2, -0.15) is 0 Å². The van der Waals surface area contributed by atoms with Crippen LogP contribution in [0.4, 0.5) is 5.69 Å². The van der Waals surface area contributed by atoms with Crippen molar-refractivity contribution in [3.05, 3.63) is 58.6 Å². The van der Waals surface area contributed by atoms with E-state index >= 15 is 0 Å². The number of methoxy groups -OCH3 is 1. The summed E-state index contributed by atoms with van der Waals surface area (Å²) in [5, 5.41) is 3.09. The van der Waals surface area contributed by atoms with Crippen LogP contribution in [0, 0.1) is 0 Å². The normalized spacial score (nSPS) is 15.1. The second-order valence-electron chi connectivity index (χ2n) is 9.14. The Bertz CT molecular complexity index is 1170. The van der Waals surface area contributed by atoms with E-state index in [-0.39, 0.29) is 18.5 Å². The van der Waals surface area contributed by atoms with E-state index in [9.17, 15) is 18.0 Å². The third-order valence-electron chi connectivity index (χ3n) is 6.38. The summed E-state index contributed by atoms with van der Waals surface area (Å²) in [5.74, 6) is -0.0906. The van der Waals surface area contributed by atoms with E-state index in [1.807, 2.05) is 12.1 Å². The molecule has 8 nitrogen and oxygen atoms in total. The first-order valence-corrected chi connectivity index (χ1v) is 14.7. The number of sulfonamides is 1. The number of nitrogens with zero attached hydrogens (tertiary/aromatic N) is 2. The summed E-state index contributed by atoms with van der Waals surface area (Å²) in [5.41, 5.74) is 1.13. The smallest absolute Gasteiger partial charge is 0.244 e. The van der Waals surface area contributed by atoms with Gasteiger partial charge in [-0.05, 0) is 55.7 Å². The summed E-state index contributed by atoms with van der Waals surface area (Å²) in [6.07, 6.45) is 6.22. The lowest BCUT2D eigenvalue weighted by molar-refractivity contribution is -0.139. The standard InChI is InChI=1S/C26H34BrN3O5S/c1-19(26(32)28-22-11-5-4-6-12-22)29(17-20-9-7-14-24(15-20)35-2)25(31)18-30(36(3,33)34)23-13-8-10-21(27)16-23/h7-10,13-16,19,22H,4-6,11-12,17-18H2,1-3H3,(H,28,32)/t19-/m0/s1. The first kappa shape index (κ1) is 28.0. The molecule has 2 amide bonds. The molecular weight excluding hydrogens is 546 g/mol. The number of carbonyl (C=O) groups excluding carboxylic acids is 2. The fourth-order valence-corrected chi connectivity index (χ4v) is 5.59. The third kappa shape index (κ3) is 7.70. The van der Waals surface area contributed by atoms with Crippen LogP contribution in [0.2, 0.25) is 0 Å². The average Bonchev–Trinajstić information content (AvgIpc) is 2.85. The van der Waals surface area contributed by atoms with Crippen molar-refractivity contribution < 1.29 is 22.7 Å². The molecule has 10 heteroatoms. The number of nitrogens with one attached hydrogen (secondary N) is 1. The average molecular weight is 581 g/mol. The number of halogens is 1. The molecule has 1 aliphatic rings. The number of amides is 2. The topological polar surface area (TPSA) is 96.0 Å². The van der Waals surface area contributed by atoms with Crippen molar-refractivity contribution in [2.75, 3.05) is 24.2 Å². The maximum Gasteiger partial charge on any atom is 0.244 e. The predicted octanol–water partition coefficient (Wildman–Crippen LogP) is 4.09. The molecule has 1 aliphatic carbocycles. The molecule has 0 unspecified atom stereocenters. The molecule has 0 bridgehead atoms. The summed E-state index contributed by atoms with van der Waals surface area (Å²) in [6, 6.07) is 13.3. The van der Waals surface area contributed by atoms with Crippen molar-refractivity contribution in [2.24, 2.45) is 0 Å². The van der Waals surface area contributed by atoms with Gasteiger partial charge >= 0.3 is 0 Å². The number of benzene rings is 2. The van der Waals surface area contributed by atoms with E-state index in [2.05, 4.69) is 21.2 Å². The Balaban J connectivity index is 1.88. The first-order chi connectivity index (χ1) is 17.1. The summed E-state index contributed by atoms with van der Waals surface area (Å²) >= 11 is 3.36. The Morgan fingerprint density at radius 1 is 1.11 bits per heavy atom. The zero-order chi connectivity index (χ0) is 26.3. The second-order valence-corrected chi connectivity index (χ2v) is 12.0. The molecule has 196 valence electrons. The SMILES string of the molecule is COc1cccc(CN(C(=O)CN(c2cccc(Br)c2)S(C)(=O)=O)[C@@H](C)C(=O)NC2CCCCC2)c1. The van der Waals surface area contributed by atoms with Crippen molar-refractivity contribution in [3.8, 4) is 5.75 Å². The molecule has 36 heavy (non-hydrogen) atoms. The van der Waals surface area contributed by atoms with Gasteiger partial charge < -0.3 is 15.0 Å². The molecule has 1 N–H and O–H groups in total. The highest BCUT2D eigenvalue weighted by Gasteiger charge is 2.31. The third-order valence-corrected chi connectivity index (χ3v) is 8.02. The van der Waals surface area contributed by atoms with Crippen molar-refractivity contribution >= 4 is 43.5 Å². The second kappa shape index (κ2) is 12.6. The van der Waals surface area contributed by atoms with Gasteiger partial charge in [-0.25, -0.2) is 8.42 Å². The summed E-state index contributed by atoms with van der Waals surface area (Å²) in [4.78, 5) is 28.3. The molecule has 0 saturated heterocycles. The number of carbonyl (C=O) groups is 2. The van der Waals surface area contributed by atoms with E-state index in [1.54, 1.807) is 50.4 Å². The van der Waals surface area contributed by atoms with Crippen LogP contribution in [0.3, 0.4) is 0 Å². The van der Waals surface area contributed by atoms with Gasteiger partial charge in [0, 0.05) is 17.1 Å². The van der Waals surface area contributed by atoms with Crippen molar-refractivity contribution in [1.29, 1.82) is 0 Å². The van der Waals surface area contributed by atoms with Crippen LogP contribution < -0.4 is 14.4 Å². The van der Waals surface area contributed by atoms with Crippen LogP contribution in [-0.2, 0) is 26.2 Å². The van der Waals surface area contributed by atoms with Gasteiger partial charge in [0.1, 0.15) is 18.3 Å². The highest BCUT2D eigenvalue weighted by molar-refractivity contribution is 9.10. The minimum absolute atomic E-state index is 0.0941. The maximum absolute atomic E-state index is 13.7. The van der Waals surface area contributed by atoms with Gasteiger partial charge in [0.25, 0.3) is 0 Å². The Morgan fingerprint density at radius 2 is 1.81 bits per heavy atom. The lowest BCUT2D eigenvalue weighted by Gasteiger charge is -2.33. The molecule has 0 aliphatic heterocycles. The van der Waals surface area contributed by atoms with Crippen LogP contribution >= 0.6 is 15.9 Å². The van der Waals surface area contributed by atoms with Gasteiger partial charge in [0.05, 0.1) is 19.1 Å². The number of anilines is 1. The molecule has 0 heterocycles. The minimum atomic E-state index is -3.77. The lowest BCUT2D eigenvalue weighted by atomic mass is 9.95. The summed E-state index contributed by atoms with van der Waals surface area (Å²) < 4.78 is 32.4. The fourth-order valence-electron chi connectivity index (χ4n) is 4.36. The van der Waals surface area contributed by atoms with E-state index in [1.165, 1.54) is 11.3 Å². The predicted molar refractivity (Wildman–Crippen MR) is 144 cm³/mol. The Morgan fingerprint density at radius 3 is 2.44 bits per heavy atom. The van der Waals surface area contributed by atoms with Crippen LogP contribution in [0.25, 0.3) is 0 Å². The molecule has 1 fully saturated rings. The molecular formula is C26H34BrN3O5S. The number of hydrogen-bond donors (Lipinski definition) is 1. The largest absolute Gasteiger partial charge is 0.497 e. The molecule has 1 saturated carbocycles. The zero-order valence-corrected chi connectivity index (χ0v) is 23.3. The maximum atomic E-state index is 13.7. The van der Waals surface area contributed by atoms with E-state index in [0.717, 1.165) is 41.8 Å². The van der Waals surface area contributed by atoms with Gasteiger partial charge in [0.2, 0.25) is 21.8 Å². The lowest BCUT2D eigenvalue weighted by Crippen LogP contribution is -2.52. The van der Waals surface area contributed by atoms with E-state index in [0.29, 0.717) is 15.9 Å². The Kier molecular flexibility index (Phi) is 9.78. The number of ether oxygens (including phenoxy) is 1. The van der Waals surface area contributed by atoms with Gasteiger partial charge in [-0.15, -0.1) is 0 Å². The van der Waals surface area contributed by atoms with Gasteiger partial charge in [0.15, 0.2) is 0 Å².